The van der Waals surface area contributed by atoms with Gasteiger partial charge in [-0.05, 0) is 56.2 Å². The zero-order valence-corrected chi connectivity index (χ0v) is 17.3. The van der Waals surface area contributed by atoms with Crippen molar-refractivity contribution >= 4 is 33.8 Å². The van der Waals surface area contributed by atoms with Crippen molar-refractivity contribution in [1.29, 1.82) is 0 Å². The minimum absolute atomic E-state index is 0.0367. The van der Waals surface area contributed by atoms with Gasteiger partial charge < -0.3 is 4.90 Å². The second-order valence-corrected chi connectivity index (χ2v) is 7.34. The fraction of sp³-hybridized carbons (Fsp3) is 0.292. The van der Waals surface area contributed by atoms with Crippen molar-refractivity contribution in [3.05, 3.63) is 77.4 Å². The fourth-order valence-electron chi connectivity index (χ4n) is 3.67. The van der Waals surface area contributed by atoms with Crippen LogP contribution in [0.15, 0.2) is 65.7 Å². The van der Waals surface area contributed by atoms with Gasteiger partial charge in [0.1, 0.15) is 5.50 Å². The van der Waals surface area contributed by atoms with Gasteiger partial charge in [0.25, 0.3) is 0 Å². The van der Waals surface area contributed by atoms with Crippen LogP contribution in [0, 0.1) is 6.92 Å². The Morgan fingerprint density at radius 3 is 2.26 bits per heavy atom. The number of rotatable bonds is 6. The molecule has 0 heterocycles. The van der Waals surface area contributed by atoms with Gasteiger partial charge in [-0.1, -0.05) is 60.1 Å². The summed E-state index contributed by atoms with van der Waals surface area (Å²) in [7, 11) is 0. The number of anilines is 1. The average Bonchev–Trinajstić information content (AvgIpc) is 2.67. The quantitative estimate of drug-likeness (QED) is 0.274. The molecule has 0 amide bonds. The molecule has 0 fully saturated rings. The van der Waals surface area contributed by atoms with Crippen LogP contribution in [0.3, 0.4) is 0 Å². The number of fused-ring (bicyclic) bond motifs is 1. The maximum Gasteiger partial charge on any atom is 0.101 e. The summed E-state index contributed by atoms with van der Waals surface area (Å²) in [6.07, 6.45) is 0. The van der Waals surface area contributed by atoms with Crippen LogP contribution in [0.2, 0.25) is 0 Å². The molecule has 0 saturated carbocycles. The molecule has 0 saturated heterocycles. The number of alkyl halides is 1. The summed E-state index contributed by atoms with van der Waals surface area (Å²) in [6.45, 7) is 10.00. The second-order valence-electron chi connectivity index (χ2n) is 6.71. The standard InChI is InChI=1S/C24H27ClN2/c1-5-26-24(20-13-15-21(16-14-20)27(6-2)18(4)25)22-12-8-11-19-10-7-9-17(3)23(19)22/h7-16,18H,5-6H2,1-4H3/b26-24+. The van der Waals surface area contributed by atoms with E-state index in [1.165, 1.54) is 21.9 Å². The van der Waals surface area contributed by atoms with E-state index in [0.717, 1.165) is 30.1 Å². The molecule has 3 heteroatoms. The van der Waals surface area contributed by atoms with Crippen LogP contribution >= 0.6 is 11.6 Å². The summed E-state index contributed by atoms with van der Waals surface area (Å²) >= 11 is 6.31. The minimum atomic E-state index is -0.0367. The van der Waals surface area contributed by atoms with Crippen molar-refractivity contribution in [3.8, 4) is 0 Å². The summed E-state index contributed by atoms with van der Waals surface area (Å²) in [6, 6.07) is 21.5. The molecule has 0 N–H and O–H groups in total. The lowest BCUT2D eigenvalue weighted by atomic mass is 9.93. The lowest BCUT2D eigenvalue weighted by molar-refractivity contribution is 0.814. The second kappa shape index (κ2) is 8.58. The van der Waals surface area contributed by atoms with E-state index in [1.54, 1.807) is 0 Å². The molecule has 0 spiro atoms. The molecular weight excluding hydrogens is 352 g/mol. The molecule has 0 bridgehead atoms. The molecule has 1 atom stereocenters. The van der Waals surface area contributed by atoms with Crippen molar-refractivity contribution in [2.75, 3.05) is 18.0 Å². The molecule has 0 aliphatic carbocycles. The Balaban J connectivity index is 2.10. The molecule has 1 unspecified atom stereocenters. The Hall–Kier alpha value is -2.32. The van der Waals surface area contributed by atoms with E-state index < -0.39 is 0 Å². The lowest BCUT2D eigenvalue weighted by Gasteiger charge is -2.26. The topological polar surface area (TPSA) is 15.6 Å². The summed E-state index contributed by atoms with van der Waals surface area (Å²) in [5.41, 5.74) is 5.74. The maximum atomic E-state index is 6.31. The number of halogens is 1. The van der Waals surface area contributed by atoms with Gasteiger partial charge in [-0.25, -0.2) is 0 Å². The number of aliphatic imine (C=N–C) groups is 1. The molecule has 3 aromatic carbocycles. The third-order valence-electron chi connectivity index (χ3n) is 4.93. The predicted octanol–water partition coefficient (Wildman–Crippen LogP) is 6.42. The van der Waals surface area contributed by atoms with E-state index in [-0.39, 0.29) is 5.50 Å². The predicted molar refractivity (Wildman–Crippen MR) is 120 cm³/mol. The monoisotopic (exact) mass is 378 g/mol. The molecule has 0 radical (unpaired) electrons. The fourth-order valence-corrected chi connectivity index (χ4v) is 3.92. The van der Waals surface area contributed by atoms with Gasteiger partial charge >= 0.3 is 0 Å². The number of hydrogen-bond acceptors (Lipinski definition) is 2. The molecule has 0 aromatic heterocycles. The largest absolute Gasteiger partial charge is 0.356 e. The van der Waals surface area contributed by atoms with Crippen LogP contribution < -0.4 is 4.90 Å². The smallest absolute Gasteiger partial charge is 0.101 e. The van der Waals surface area contributed by atoms with Gasteiger partial charge in [-0.15, -0.1) is 0 Å². The van der Waals surface area contributed by atoms with Gasteiger partial charge in [-0.3, -0.25) is 4.99 Å². The SMILES string of the molecule is CC/N=C(\c1ccc(N(CC)C(C)Cl)cc1)c1cccc2cccc(C)c12. The number of benzene rings is 3. The maximum absolute atomic E-state index is 6.31. The van der Waals surface area contributed by atoms with Crippen LogP contribution in [-0.4, -0.2) is 24.3 Å². The van der Waals surface area contributed by atoms with Gasteiger partial charge in [0, 0.05) is 29.9 Å². The first kappa shape index (κ1) is 19.4. The van der Waals surface area contributed by atoms with E-state index in [2.05, 4.69) is 86.3 Å². The molecule has 140 valence electrons. The molecule has 0 aliphatic rings. The highest BCUT2D eigenvalue weighted by molar-refractivity contribution is 6.22. The van der Waals surface area contributed by atoms with Crippen molar-refractivity contribution in [1.82, 2.24) is 0 Å². The highest BCUT2D eigenvalue weighted by Gasteiger charge is 2.14. The highest BCUT2D eigenvalue weighted by Crippen LogP contribution is 2.27. The van der Waals surface area contributed by atoms with E-state index in [4.69, 9.17) is 16.6 Å². The van der Waals surface area contributed by atoms with Crippen LogP contribution in [0.1, 0.15) is 37.5 Å². The van der Waals surface area contributed by atoms with Gasteiger partial charge in [-0.2, -0.15) is 0 Å². The third kappa shape index (κ3) is 4.01. The first-order chi connectivity index (χ1) is 13.1. The summed E-state index contributed by atoms with van der Waals surface area (Å²) < 4.78 is 0. The van der Waals surface area contributed by atoms with Crippen molar-refractivity contribution in [2.24, 2.45) is 4.99 Å². The van der Waals surface area contributed by atoms with Crippen LogP contribution in [-0.2, 0) is 0 Å². The summed E-state index contributed by atoms with van der Waals surface area (Å²) in [4.78, 5) is 7.03. The van der Waals surface area contributed by atoms with Crippen molar-refractivity contribution < 1.29 is 0 Å². The van der Waals surface area contributed by atoms with Crippen molar-refractivity contribution in [2.45, 2.75) is 33.2 Å². The first-order valence-electron chi connectivity index (χ1n) is 9.61. The van der Waals surface area contributed by atoms with E-state index >= 15 is 0 Å². The summed E-state index contributed by atoms with van der Waals surface area (Å²) in [5.74, 6) is 0. The number of aryl methyl sites for hydroxylation is 1. The van der Waals surface area contributed by atoms with Crippen LogP contribution in [0.25, 0.3) is 10.8 Å². The first-order valence-corrected chi connectivity index (χ1v) is 10.0. The average molecular weight is 379 g/mol. The van der Waals surface area contributed by atoms with E-state index in [0.29, 0.717) is 0 Å². The van der Waals surface area contributed by atoms with Crippen LogP contribution in [0.4, 0.5) is 5.69 Å². The number of nitrogens with zero attached hydrogens (tertiary/aromatic N) is 2. The van der Waals surface area contributed by atoms with Crippen molar-refractivity contribution in [3.63, 3.8) is 0 Å². The Bertz CT molecular complexity index is 937. The Labute approximate surface area is 167 Å². The third-order valence-corrected chi connectivity index (χ3v) is 5.16. The summed E-state index contributed by atoms with van der Waals surface area (Å²) in [5, 5.41) is 2.53. The van der Waals surface area contributed by atoms with E-state index in [9.17, 15) is 0 Å². The number of hydrogen-bond donors (Lipinski definition) is 0. The normalized spacial score (nSPS) is 13.0. The zero-order chi connectivity index (χ0) is 19.4. The molecule has 3 aromatic rings. The minimum Gasteiger partial charge on any atom is -0.356 e. The Kier molecular flexibility index (Phi) is 6.18. The molecule has 0 aliphatic heterocycles. The highest BCUT2D eigenvalue weighted by atomic mass is 35.5. The van der Waals surface area contributed by atoms with E-state index in [1.807, 2.05) is 6.92 Å². The zero-order valence-electron chi connectivity index (χ0n) is 16.5. The van der Waals surface area contributed by atoms with Crippen LogP contribution in [0.5, 0.6) is 0 Å². The Morgan fingerprint density at radius 2 is 1.67 bits per heavy atom. The van der Waals surface area contributed by atoms with Gasteiger partial charge in [0.05, 0.1) is 5.71 Å². The molecule has 3 rings (SSSR count). The molecule has 27 heavy (non-hydrogen) atoms. The Morgan fingerprint density at radius 1 is 1.00 bits per heavy atom. The van der Waals surface area contributed by atoms with Gasteiger partial charge in [0.15, 0.2) is 0 Å². The van der Waals surface area contributed by atoms with Gasteiger partial charge in [0.2, 0.25) is 0 Å². The lowest BCUT2D eigenvalue weighted by Crippen LogP contribution is -2.28. The molecule has 2 nitrogen and oxygen atoms in total. The molecular formula is C24H27ClN2.